The molecule has 4 N–H and O–H groups in total. The molecule has 0 aliphatic carbocycles. The number of carbonyl (C=O) groups is 1. The second-order valence-electron chi connectivity index (χ2n) is 5.65. The van der Waals surface area contributed by atoms with Crippen molar-refractivity contribution in [2.75, 3.05) is 25.4 Å². The first-order valence-electron chi connectivity index (χ1n) is 7.59. The quantitative estimate of drug-likeness (QED) is 0.782. The number of rotatable bonds is 4. The van der Waals surface area contributed by atoms with Gasteiger partial charge in [-0.3, -0.25) is 9.69 Å². The zero-order chi connectivity index (χ0) is 17.1. The predicted molar refractivity (Wildman–Crippen MR) is 90.2 cm³/mol. The first kappa shape index (κ1) is 15.9. The van der Waals surface area contributed by atoms with Crippen LogP contribution in [0.25, 0.3) is 16.8 Å². The molecule has 0 spiro atoms. The number of aromatic nitrogens is 2. The molecule has 2 aromatic rings. The van der Waals surface area contributed by atoms with E-state index in [-0.39, 0.29) is 12.3 Å². The van der Waals surface area contributed by atoms with Crippen molar-refractivity contribution < 1.29 is 15.0 Å². The monoisotopic (exact) mass is 326 g/mol. The van der Waals surface area contributed by atoms with E-state index in [1.165, 1.54) is 0 Å². The Labute approximate surface area is 139 Å². The molecular formula is C17H18N4O3. The van der Waals surface area contributed by atoms with Crippen molar-refractivity contribution in [2.45, 2.75) is 6.42 Å². The smallest absolute Gasteiger partial charge is 0.317 e. The van der Waals surface area contributed by atoms with Crippen molar-refractivity contribution in [2.24, 2.45) is 0 Å². The summed E-state index contributed by atoms with van der Waals surface area (Å²) in [5, 5.41) is 26.9. The Morgan fingerprint density at radius 1 is 1.25 bits per heavy atom. The highest BCUT2D eigenvalue weighted by atomic mass is 16.4. The molecule has 24 heavy (non-hydrogen) atoms. The van der Waals surface area contributed by atoms with Crippen LogP contribution in [0.4, 0.5) is 5.82 Å². The zero-order valence-corrected chi connectivity index (χ0v) is 13.0. The molecule has 0 saturated heterocycles. The van der Waals surface area contributed by atoms with Gasteiger partial charge in [-0.05, 0) is 30.2 Å². The number of carboxylic acids is 1. The van der Waals surface area contributed by atoms with Gasteiger partial charge >= 0.3 is 5.97 Å². The molecule has 7 nitrogen and oxygen atoms in total. The number of anilines is 1. The van der Waals surface area contributed by atoms with Crippen molar-refractivity contribution in [1.29, 1.82) is 0 Å². The van der Waals surface area contributed by atoms with Gasteiger partial charge in [0.2, 0.25) is 0 Å². The van der Waals surface area contributed by atoms with Crippen LogP contribution in [-0.4, -0.2) is 50.9 Å². The standard InChI is InChI=1S/C17H18N4O3/c18-17-13(11-5-7-21(8-6-11)10-16(23)24)9-14(19-20-17)12-3-1-2-4-15(12)22/h1-5,9,22H,6-8,10H2,(H2,18,20)(H,23,24). The van der Waals surface area contributed by atoms with Crippen LogP contribution in [0.5, 0.6) is 5.75 Å². The molecule has 0 radical (unpaired) electrons. The van der Waals surface area contributed by atoms with E-state index in [1.807, 2.05) is 23.1 Å². The molecular weight excluding hydrogens is 308 g/mol. The number of aromatic hydroxyl groups is 1. The van der Waals surface area contributed by atoms with Gasteiger partial charge in [0, 0.05) is 24.2 Å². The Kier molecular flexibility index (Phi) is 4.43. The Hall–Kier alpha value is -2.93. The second kappa shape index (κ2) is 6.67. The van der Waals surface area contributed by atoms with Gasteiger partial charge in [0.25, 0.3) is 0 Å². The van der Waals surface area contributed by atoms with Gasteiger partial charge in [-0.2, -0.15) is 0 Å². The molecule has 1 aliphatic rings. The molecule has 124 valence electrons. The van der Waals surface area contributed by atoms with Gasteiger partial charge in [-0.1, -0.05) is 18.2 Å². The lowest BCUT2D eigenvalue weighted by atomic mass is 9.98. The molecule has 0 saturated carbocycles. The SMILES string of the molecule is Nc1nnc(-c2ccccc2O)cc1C1=CCN(CC(=O)O)CC1. The highest BCUT2D eigenvalue weighted by Gasteiger charge is 2.18. The topological polar surface area (TPSA) is 113 Å². The largest absolute Gasteiger partial charge is 0.507 e. The van der Waals surface area contributed by atoms with E-state index in [0.717, 1.165) is 11.1 Å². The molecule has 0 atom stereocenters. The van der Waals surface area contributed by atoms with E-state index in [4.69, 9.17) is 10.8 Å². The van der Waals surface area contributed by atoms with Crippen LogP contribution in [0.15, 0.2) is 36.4 Å². The molecule has 0 unspecified atom stereocenters. The molecule has 0 bridgehead atoms. The molecule has 7 heteroatoms. The summed E-state index contributed by atoms with van der Waals surface area (Å²) in [6, 6.07) is 8.73. The molecule has 1 aromatic carbocycles. The Bertz CT molecular complexity index is 804. The summed E-state index contributed by atoms with van der Waals surface area (Å²) in [4.78, 5) is 12.6. The number of phenolic OH excluding ortho intramolecular Hbond substituents is 1. The van der Waals surface area contributed by atoms with Gasteiger partial charge in [0.15, 0.2) is 5.82 Å². The lowest BCUT2D eigenvalue weighted by Gasteiger charge is -2.25. The third-order valence-electron chi connectivity index (χ3n) is 4.00. The first-order chi connectivity index (χ1) is 11.5. The fraction of sp³-hybridized carbons (Fsp3) is 0.235. The van der Waals surface area contributed by atoms with Gasteiger partial charge < -0.3 is 15.9 Å². The van der Waals surface area contributed by atoms with Gasteiger partial charge in [-0.15, -0.1) is 10.2 Å². The summed E-state index contributed by atoms with van der Waals surface area (Å²) in [6.45, 7) is 1.22. The van der Waals surface area contributed by atoms with Crippen molar-refractivity contribution in [3.8, 4) is 17.0 Å². The predicted octanol–water partition coefficient (Wildman–Crippen LogP) is 1.61. The fourth-order valence-corrected chi connectivity index (χ4v) is 2.77. The molecule has 3 rings (SSSR count). The van der Waals surface area contributed by atoms with E-state index in [0.29, 0.717) is 36.6 Å². The minimum Gasteiger partial charge on any atom is -0.507 e. The maximum absolute atomic E-state index is 10.8. The minimum atomic E-state index is -0.834. The van der Waals surface area contributed by atoms with E-state index in [9.17, 15) is 9.90 Å². The van der Waals surface area contributed by atoms with Crippen molar-refractivity contribution >= 4 is 17.4 Å². The number of benzene rings is 1. The molecule has 0 amide bonds. The number of aliphatic carboxylic acids is 1. The van der Waals surface area contributed by atoms with Crippen LogP contribution >= 0.6 is 0 Å². The summed E-state index contributed by atoms with van der Waals surface area (Å²) < 4.78 is 0. The number of hydrogen-bond donors (Lipinski definition) is 3. The molecule has 0 fully saturated rings. The average Bonchev–Trinajstić information content (AvgIpc) is 2.56. The summed E-state index contributed by atoms with van der Waals surface area (Å²) >= 11 is 0. The van der Waals surface area contributed by atoms with Crippen LogP contribution in [0.3, 0.4) is 0 Å². The normalized spacial score (nSPS) is 15.1. The summed E-state index contributed by atoms with van der Waals surface area (Å²) in [6.07, 6.45) is 2.65. The van der Waals surface area contributed by atoms with Gasteiger partial charge in [0.1, 0.15) is 5.75 Å². The summed E-state index contributed by atoms with van der Waals surface area (Å²) in [5.74, 6) is -0.376. The molecule has 2 heterocycles. The van der Waals surface area contributed by atoms with Crippen molar-refractivity contribution in [1.82, 2.24) is 15.1 Å². The maximum atomic E-state index is 10.8. The molecule has 1 aromatic heterocycles. The fourth-order valence-electron chi connectivity index (χ4n) is 2.77. The van der Waals surface area contributed by atoms with Gasteiger partial charge in [0.05, 0.1) is 12.2 Å². The summed E-state index contributed by atoms with van der Waals surface area (Å²) in [7, 11) is 0. The number of nitrogens with zero attached hydrogens (tertiary/aromatic N) is 3. The third kappa shape index (κ3) is 3.36. The van der Waals surface area contributed by atoms with E-state index < -0.39 is 5.97 Å². The van der Waals surface area contributed by atoms with Crippen LogP contribution in [0.2, 0.25) is 0 Å². The lowest BCUT2D eigenvalue weighted by Crippen LogP contribution is -2.33. The zero-order valence-electron chi connectivity index (χ0n) is 13.0. The van der Waals surface area contributed by atoms with E-state index >= 15 is 0 Å². The minimum absolute atomic E-state index is 0.0248. The van der Waals surface area contributed by atoms with E-state index in [1.54, 1.807) is 18.2 Å². The number of nitrogen functional groups attached to an aromatic ring is 1. The van der Waals surface area contributed by atoms with Crippen molar-refractivity contribution in [3.05, 3.63) is 42.0 Å². The second-order valence-corrected chi connectivity index (χ2v) is 5.65. The number of para-hydroxylation sites is 1. The van der Waals surface area contributed by atoms with E-state index in [2.05, 4.69) is 10.2 Å². The number of hydrogen-bond acceptors (Lipinski definition) is 6. The third-order valence-corrected chi connectivity index (χ3v) is 4.00. The summed E-state index contributed by atoms with van der Waals surface area (Å²) in [5.41, 5.74) is 8.90. The Balaban J connectivity index is 1.89. The Morgan fingerprint density at radius 2 is 2.04 bits per heavy atom. The maximum Gasteiger partial charge on any atom is 0.317 e. The van der Waals surface area contributed by atoms with Crippen LogP contribution in [0.1, 0.15) is 12.0 Å². The van der Waals surface area contributed by atoms with Crippen LogP contribution in [-0.2, 0) is 4.79 Å². The first-order valence-corrected chi connectivity index (χ1v) is 7.59. The van der Waals surface area contributed by atoms with Crippen LogP contribution < -0.4 is 5.73 Å². The highest BCUT2D eigenvalue weighted by molar-refractivity contribution is 5.78. The lowest BCUT2D eigenvalue weighted by molar-refractivity contribution is -0.138. The van der Waals surface area contributed by atoms with Crippen LogP contribution in [0, 0.1) is 0 Å². The number of phenols is 1. The Morgan fingerprint density at radius 3 is 2.71 bits per heavy atom. The van der Waals surface area contributed by atoms with Gasteiger partial charge in [-0.25, -0.2) is 0 Å². The molecule has 1 aliphatic heterocycles. The number of carboxylic acid groups (broad SMARTS) is 1. The van der Waals surface area contributed by atoms with Crippen molar-refractivity contribution in [3.63, 3.8) is 0 Å². The highest BCUT2D eigenvalue weighted by Crippen LogP contribution is 2.32. The average molecular weight is 326 g/mol. The number of nitrogens with two attached hydrogens (primary N) is 1.